The number of Topliss-reactive ketones (excluding diaryl/α,β-unsaturated/α-hetero) is 2. The Labute approximate surface area is 257 Å². The number of piperidine rings is 1. The van der Waals surface area contributed by atoms with E-state index in [1.165, 1.54) is 6.07 Å². The number of benzene rings is 1. The third-order valence-corrected chi connectivity index (χ3v) is 11.5. The number of nitrogens with one attached hydrogen (secondary N) is 1. The molecule has 4 aliphatic rings. The number of hydrogen-bond acceptors (Lipinski definition) is 9. The Kier molecular flexibility index (Phi) is 7.39. The molecule has 1 aromatic heterocycles. The van der Waals surface area contributed by atoms with Crippen molar-refractivity contribution in [3.8, 4) is 17.1 Å². The largest absolute Gasteiger partial charge is 0.507 e. The Bertz CT molecular complexity index is 1510. The lowest BCUT2D eigenvalue weighted by Crippen LogP contribution is -2.79. The SMILES string of the molecule is CC(C)[C@H]1C(O)[C@@H](C(N)=O)C(=O)[C@]2(O)C(O)[C@H]3C(=O)c4c(O)ccc(-c5ccc(CC6CCNCC6)o5)c4C[C@]3(C)C[C@]12C. The Morgan fingerprint density at radius 1 is 1.11 bits per heavy atom. The lowest BCUT2D eigenvalue weighted by molar-refractivity contribution is -0.265. The average Bonchev–Trinajstić information content (AvgIpc) is 3.39. The summed E-state index contributed by atoms with van der Waals surface area (Å²) in [5.41, 5.74) is 1.90. The van der Waals surface area contributed by atoms with Crippen LogP contribution in [0.15, 0.2) is 28.7 Å². The summed E-state index contributed by atoms with van der Waals surface area (Å²) in [6.45, 7) is 9.11. The van der Waals surface area contributed by atoms with Crippen LogP contribution in [0.25, 0.3) is 11.3 Å². The smallest absolute Gasteiger partial charge is 0.230 e. The van der Waals surface area contributed by atoms with Gasteiger partial charge < -0.3 is 35.9 Å². The van der Waals surface area contributed by atoms with Gasteiger partial charge in [0.05, 0.1) is 17.6 Å². The van der Waals surface area contributed by atoms with Gasteiger partial charge in [0.2, 0.25) is 5.91 Å². The zero-order valence-electron chi connectivity index (χ0n) is 25.8. The molecule has 2 heterocycles. The van der Waals surface area contributed by atoms with Crippen molar-refractivity contribution in [1.29, 1.82) is 0 Å². The van der Waals surface area contributed by atoms with E-state index in [-0.39, 0.29) is 30.1 Å². The van der Waals surface area contributed by atoms with Crippen molar-refractivity contribution in [3.63, 3.8) is 0 Å². The molecule has 0 spiro atoms. The molecule has 0 radical (unpaired) electrons. The van der Waals surface area contributed by atoms with Gasteiger partial charge >= 0.3 is 0 Å². The Morgan fingerprint density at radius 3 is 2.43 bits per heavy atom. The third kappa shape index (κ3) is 4.25. The van der Waals surface area contributed by atoms with Crippen LogP contribution in [-0.4, -0.2) is 68.8 Å². The zero-order valence-corrected chi connectivity index (χ0v) is 25.8. The minimum Gasteiger partial charge on any atom is -0.507 e. The second-order valence-corrected chi connectivity index (χ2v) is 14.6. The number of phenols is 1. The molecule has 1 amide bonds. The molecule has 1 aromatic carbocycles. The molecule has 1 aliphatic heterocycles. The number of nitrogens with two attached hydrogens (primary N) is 1. The Hall–Kier alpha value is -3.05. The number of phenolic OH excluding ortho intramolecular Hbond substituents is 1. The predicted molar refractivity (Wildman–Crippen MR) is 160 cm³/mol. The van der Waals surface area contributed by atoms with Crippen LogP contribution < -0.4 is 11.1 Å². The van der Waals surface area contributed by atoms with Crippen LogP contribution in [0.5, 0.6) is 5.75 Å². The molecule has 10 heteroatoms. The van der Waals surface area contributed by atoms with Crippen LogP contribution in [0.1, 0.15) is 68.6 Å². The topological polar surface area (TPSA) is 183 Å². The lowest BCUT2D eigenvalue weighted by Gasteiger charge is -2.66. The lowest BCUT2D eigenvalue weighted by atomic mass is 9.39. The third-order valence-electron chi connectivity index (χ3n) is 11.5. The van der Waals surface area contributed by atoms with Gasteiger partial charge in [-0.1, -0.05) is 27.7 Å². The van der Waals surface area contributed by atoms with Crippen molar-refractivity contribution in [2.75, 3.05) is 13.1 Å². The molecule has 2 aromatic rings. The number of hydrogen-bond donors (Lipinski definition) is 6. The van der Waals surface area contributed by atoms with Gasteiger partial charge in [0, 0.05) is 17.4 Å². The van der Waals surface area contributed by atoms with Crippen molar-refractivity contribution >= 4 is 17.5 Å². The molecule has 7 N–H and O–H groups in total. The van der Waals surface area contributed by atoms with E-state index in [1.807, 2.05) is 32.9 Å². The molecule has 3 fully saturated rings. The number of primary amides is 1. The standard InChI is InChI=1S/C34H44N2O8/c1-16(2)25-28(39)24(31(35)42)29(40)34(43)30(41)26-27(38)23-20(14-32(26,3)15-33(25,34)4)19(6-7-21(23)37)22-8-5-18(44-22)13-17-9-11-36-12-10-17/h5-8,16-17,24-26,28,30,36-37,39,41,43H,9-15H2,1-4H3,(H2,35,42)/t24-,25+,26-,28?,30?,32-,33-,34+/m1/s1. The fourth-order valence-electron chi connectivity index (χ4n) is 9.77. The molecule has 44 heavy (non-hydrogen) atoms. The summed E-state index contributed by atoms with van der Waals surface area (Å²) in [6, 6.07) is 7.00. The van der Waals surface area contributed by atoms with Gasteiger partial charge in [0.1, 0.15) is 29.3 Å². The van der Waals surface area contributed by atoms with E-state index >= 15 is 0 Å². The highest BCUT2D eigenvalue weighted by atomic mass is 16.4. The number of ketones is 2. The summed E-state index contributed by atoms with van der Waals surface area (Å²) in [4.78, 5) is 40.6. The maximum atomic E-state index is 14.3. The van der Waals surface area contributed by atoms with Gasteiger partial charge in [-0.15, -0.1) is 0 Å². The molecule has 3 aliphatic carbocycles. The van der Waals surface area contributed by atoms with Crippen molar-refractivity contribution in [2.45, 2.75) is 77.6 Å². The minimum atomic E-state index is -2.53. The Morgan fingerprint density at radius 2 is 1.80 bits per heavy atom. The van der Waals surface area contributed by atoms with Gasteiger partial charge in [0.15, 0.2) is 17.2 Å². The first kappa shape index (κ1) is 31.0. The zero-order chi connectivity index (χ0) is 31.9. The fraction of sp³-hybridized carbons (Fsp3) is 0.618. The highest BCUT2D eigenvalue weighted by molar-refractivity contribution is 6.09. The predicted octanol–water partition coefficient (Wildman–Crippen LogP) is 2.37. The summed E-state index contributed by atoms with van der Waals surface area (Å²) >= 11 is 0. The van der Waals surface area contributed by atoms with E-state index < -0.39 is 63.9 Å². The molecule has 2 saturated carbocycles. The summed E-state index contributed by atoms with van der Waals surface area (Å²) in [7, 11) is 0. The van der Waals surface area contributed by atoms with Crippen molar-refractivity contribution in [3.05, 3.63) is 41.2 Å². The van der Waals surface area contributed by atoms with Gasteiger partial charge in [-0.3, -0.25) is 14.4 Å². The van der Waals surface area contributed by atoms with Gasteiger partial charge in [-0.2, -0.15) is 0 Å². The van der Waals surface area contributed by atoms with Crippen LogP contribution in [0.2, 0.25) is 0 Å². The van der Waals surface area contributed by atoms with Crippen molar-refractivity contribution in [1.82, 2.24) is 5.32 Å². The van der Waals surface area contributed by atoms with Crippen molar-refractivity contribution < 1.29 is 39.2 Å². The van der Waals surface area contributed by atoms with Crippen LogP contribution in [0, 0.1) is 40.4 Å². The molecule has 1 saturated heterocycles. The van der Waals surface area contributed by atoms with E-state index in [9.17, 15) is 34.8 Å². The fourth-order valence-corrected chi connectivity index (χ4v) is 9.77. The second-order valence-electron chi connectivity index (χ2n) is 14.6. The van der Waals surface area contributed by atoms with Gasteiger partial charge in [-0.05, 0) is 91.8 Å². The second kappa shape index (κ2) is 10.5. The first-order chi connectivity index (χ1) is 20.7. The quantitative estimate of drug-likeness (QED) is 0.278. The average molecular weight is 609 g/mol. The van der Waals surface area contributed by atoms with Crippen LogP contribution >= 0.6 is 0 Å². The first-order valence-corrected chi connectivity index (χ1v) is 15.8. The summed E-state index contributed by atoms with van der Waals surface area (Å²) in [5.74, 6) is -5.16. The van der Waals surface area contributed by atoms with E-state index in [2.05, 4.69) is 5.32 Å². The van der Waals surface area contributed by atoms with Gasteiger partial charge in [-0.25, -0.2) is 0 Å². The normalized spacial score (nSPS) is 37.4. The number of aromatic hydroxyl groups is 1. The highest BCUT2D eigenvalue weighted by Crippen LogP contribution is 2.66. The van der Waals surface area contributed by atoms with Crippen molar-refractivity contribution in [2.24, 2.45) is 46.2 Å². The summed E-state index contributed by atoms with van der Waals surface area (Å²) in [6.07, 6.45) is -0.0901. The molecule has 2 unspecified atom stereocenters. The van der Waals surface area contributed by atoms with E-state index in [1.54, 1.807) is 13.0 Å². The summed E-state index contributed by atoms with van der Waals surface area (Å²) < 4.78 is 6.31. The van der Waals surface area contributed by atoms with E-state index in [4.69, 9.17) is 10.2 Å². The number of aliphatic hydroxyl groups is 3. The van der Waals surface area contributed by atoms with Crippen LogP contribution in [0.3, 0.4) is 0 Å². The first-order valence-electron chi connectivity index (χ1n) is 15.8. The highest BCUT2D eigenvalue weighted by Gasteiger charge is 2.76. The monoisotopic (exact) mass is 608 g/mol. The molecular formula is C34H44N2O8. The van der Waals surface area contributed by atoms with Gasteiger partial charge in [0.25, 0.3) is 0 Å². The molecule has 8 atom stereocenters. The Balaban J connectivity index is 1.45. The number of carbonyl (C=O) groups excluding carboxylic acids is 3. The molecule has 238 valence electrons. The number of aliphatic hydroxyl groups excluding tert-OH is 2. The number of furan rings is 1. The number of rotatable bonds is 5. The molecule has 6 rings (SSSR count). The maximum Gasteiger partial charge on any atom is 0.230 e. The summed E-state index contributed by atoms with van der Waals surface area (Å²) in [5, 5.41) is 49.9. The number of carbonyl (C=O) groups is 3. The molecular weight excluding hydrogens is 564 g/mol. The van der Waals surface area contributed by atoms with E-state index in [0.29, 0.717) is 22.8 Å². The van der Waals surface area contributed by atoms with E-state index in [0.717, 1.165) is 38.1 Å². The molecule has 10 nitrogen and oxygen atoms in total. The van der Waals surface area contributed by atoms with Crippen LogP contribution in [0.4, 0.5) is 0 Å². The molecule has 0 bridgehead atoms. The minimum absolute atomic E-state index is 0.0303. The van der Waals surface area contributed by atoms with Crippen LogP contribution in [-0.2, 0) is 22.4 Å². The maximum absolute atomic E-state index is 14.3. The number of fused-ring (bicyclic) bond motifs is 3. The number of amides is 1.